The number of nitriles is 1. The van der Waals surface area contributed by atoms with Crippen molar-refractivity contribution in [3.8, 4) is 6.07 Å². The highest BCUT2D eigenvalue weighted by molar-refractivity contribution is 7.15. The zero-order chi connectivity index (χ0) is 13.1. The van der Waals surface area contributed by atoms with Gasteiger partial charge in [0.05, 0.1) is 12.2 Å². The van der Waals surface area contributed by atoms with Crippen LogP contribution in [0.4, 0.5) is 14.5 Å². The maximum Gasteiger partial charge on any atom is 0.183 e. The number of nitrogens with zero attached hydrogens (tertiary/aromatic N) is 2. The Labute approximate surface area is 111 Å². The van der Waals surface area contributed by atoms with Crippen molar-refractivity contribution in [1.82, 2.24) is 4.98 Å². The smallest absolute Gasteiger partial charge is 0.183 e. The number of hydrogen-bond acceptors (Lipinski definition) is 4. The standard InChI is InChI=1S/C11H6ClF2N3S/c12-11-17-5-6(18-11)4-16-9-2-1-8(13)10(14)7(9)3-15/h1-2,5,16H,4H2. The molecule has 0 spiro atoms. The predicted octanol–water partition coefficient (Wildman–Crippen LogP) is 3.56. The SMILES string of the molecule is N#Cc1c(NCc2cnc(Cl)s2)ccc(F)c1F. The van der Waals surface area contributed by atoms with Crippen LogP contribution in [0.1, 0.15) is 10.4 Å². The second-order valence-corrected chi connectivity index (χ2v) is 5.03. The van der Waals surface area contributed by atoms with Crippen molar-refractivity contribution in [2.75, 3.05) is 5.32 Å². The normalized spacial score (nSPS) is 10.1. The Morgan fingerprint density at radius 3 is 2.83 bits per heavy atom. The van der Waals surface area contributed by atoms with Gasteiger partial charge in [0, 0.05) is 11.1 Å². The highest BCUT2D eigenvalue weighted by atomic mass is 35.5. The van der Waals surface area contributed by atoms with Gasteiger partial charge in [0.1, 0.15) is 11.6 Å². The zero-order valence-electron chi connectivity index (χ0n) is 8.88. The molecule has 0 fully saturated rings. The lowest BCUT2D eigenvalue weighted by Crippen LogP contribution is -2.02. The fourth-order valence-corrected chi connectivity index (χ4v) is 2.27. The zero-order valence-corrected chi connectivity index (χ0v) is 10.4. The summed E-state index contributed by atoms with van der Waals surface area (Å²) in [5, 5.41) is 11.6. The fourth-order valence-electron chi connectivity index (χ4n) is 1.35. The van der Waals surface area contributed by atoms with Crippen molar-refractivity contribution >= 4 is 28.6 Å². The summed E-state index contributed by atoms with van der Waals surface area (Å²) in [5.41, 5.74) is -0.105. The number of nitrogens with one attached hydrogen (secondary N) is 1. The van der Waals surface area contributed by atoms with Crippen molar-refractivity contribution in [2.24, 2.45) is 0 Å². The number of aromatic nitrogens is 1. The van der Waals surface area contributed by atoms with E-state index in [1.54, 1.807) is 12.3 Å². The number of hydrogen-bond donors (Lipinski definition) is 1. The average molecular weight is 286 g/mol. The van der Waals surface area contributed by atoms with Gasteiger partial charge in [-0.3, -0.25) is 0 Å². The Balaban J connectivity index is 2.20. The molecule has 0 radical (unpaired) electrons. The molecule has 0 atom stereocenters. The molecule has 2 aromatic rings. The molecular formula is C11H6ClF2N3S. The molecule has 92 valence electrons. The average Bonchev–Trinajstić information content (AvgIpc) is 2.77. The first-order chi connectivity index (χ1) is 8.61. The molecule has 18 heavy (non-hydrogen) atoms. The first-order valence-electron chi connectivity index (χ1n) is 4.84. The van der Waals surface area contributed by atoms with Crippen LogP contribution in [0, 0.1) is 23.0 Å². The maximum atomic E-state index is 13.3. The molecule has 0 saturated heterocycles. The van der Waals surface area contributed by atoms with Crippen LogP contribution in [0.25, 0.3) is 0 Å². The maximum absolute atomic E-state index is 13.3. The Morgan fingerprint density at radius 2 is 2.22 bits per heavy atom. The van der Waals surface area contributed by atoms with Crippen LogP contribution in [-0.4, -0.2) is 4.98 Å². The third-order valence-electron chi connectivity index (χ3n) is 2.19. The van der Waals surface area contributed by atoms with Gasteiger partial charge in [-0.15, -0.1) is 11.3 Å². The summed E-state index contributed by atoms with van der Waals surface area (Å²) in [5.74, 6) is -2.19. The van der Waals surface area contributed by atoms with E-state index in [2.05, 4.69) is 10.3 Å². The van der Waals surface area contributed by atoms with E-state index in [9.17, 15) is 8.78 Å². The van der Waals surface area contributed by atoms with Crippen LogP contribution in [0.2, 0.25) is 4.47 Å². The minimum Gasteiger partial charge on any atom is -0.379 e. The summed E-state index contributed by atoms with van der Waals surface area (Å²) < 4.78 is 26.7. The molecule has 0 aliphatic rings. The van der Waals surface area contributed by atoms with Gasteiger partial charge in [-0.25, -0.2) is 13.8 Å². The lowest BCUT2D eigenvalue weighted by molar-refractivity contribution is 0.507. The van der Waals surface area contributed by atoms with Gasteiger partial charge < -0.3 is 5.32 Å². The van der Waals surface area contributed by atoms with E-state index in [-0.39, 0.29) is 11.3 Å². The van der Waals surface area contributed by atoms with E-state index in [4.69, 9.17) is 16.9 Å². The number of anilines is 1. The Hall–Kier alpha value is -1.71. The Morgan fingerprint density at radius 1 is 1.44 bits per heavy atom. The van der Waals surface area contributed by atoms with E-state index in [0.29, 0.717) is 11.0 Å². The lowest BCUT2D eigenvalue weighted by Gasteiger charge is -2.07. The van der Waals surface area contributed by atoms with Crippen LogP contribution in [-0.2, 0) is 6.54 Å². The number of halogens is 3. The van der Waals surface area contributed by atoms with Crippen molar-refractivity contribution in [2.45, 2.75) is 6.54 Å². The largest absolute Gasteiger partial charge is 0.379 e. The molecular weight excluding hydrogens is 280 g/mol. The van der Waals surface area contributed by atoms with Crippen molar-refractivity contribution in [1.29, 1.82) is 5.26 Å². The van der Waals surface area contributed by atoms with E-state index >= 15 is 0 Å². The van der Waals surface area contributed by atoms with Gasteiger partial charge >= 0.3 is 0 Å². The highest BCUT2D eigenvalue weighted by Crippen LogP contribution is 2.23. The Bertz CT molecular complexity index is 621. The fraction of sp³-hybridized carbons (Fsp3) is 0.0909. The summed E-state index contributed by atoms with van der Waals surface area (Å²) in [6.45, 7) is 0.337. The number of rotatable bonds is 3. The van der Waals surface area contributed by atoms with E-state index < -0.39 is 11.6 Å². The molecule has 3 nitrogen and oxygen atoms in total. The van der Waals surface area contributed by atoms with Gasteiger partial charge in [0.2, 0.25) is 0 Å². The third-order valence-corrected chi connectivity index (χ3v) is 3.30. The van der Waals surface area contributed by atoms with Crippen LogP contribution >= 0.6 is 22.9 Å². The predicted molar refractivity (Wildman–Crippen MR) is 65.5 cm³/mol. The molecule has 0 aliphatic carbocycles. The number of thiazole rings is 1. The van der Waals surface area contributed by atoms with Crippen molar-refractivity contribution in [3.05, 3.63) is 44.9 Å². The van der Waals surface area contributed by atoms with E-state index in [1.807, 2.05) is 0 Å². The van der Waals surface area contributed by atoms with Gasteiger partial charge in [-0.2, -0.15) is 5.26 Å². The first-order valence-corrected chi connectivity index (χ1v) is 6.03. The summed E-state index contributed by atoms with van der Waals surface area (Å²) in [6, 6.07) is 3.92. The molecule has 0 amide bonds. The third kappa shape index (κ3) is 2.58. The Kier molecular flexibility index (Phi) is 3.75. The number of benzene rings is 1. The molecule has 1 aromatic heterocycles. The molecule has 0 unspecified atom stereocenters. The second-order valence-electron chi connectivity index (χ2n) is 3.33. The molecule has 1 heterocycles. The second kappa shape index (κ2) is 5.29. The molecule has 2 rings (SSSR count). The first kappa shape index (κ1) is 12.7. The van der Waals surface area contributed by atoms with E-state index in [0.717, 1.165) is 10.9 Å². The van der Waals surface area contributed by atoms with Gasteiger partial charge in [0.15, 0.2) is 16.1 Å². The van der Waals surface area contributed by atoms with Gasteiger partial charge in [-0.05, 0) is 12.1 Å². The monoisotopic (exact) mass is 285 g/mol. The molecule has 7 heteroatoms. The van der Waals surface area contributed by atoms with E-state index in [1.165, 1.54) is 17.4 Å². The lowest BCUT2D eigenvalue weighted by atomic mass is 10.1. The van der Waals surface area contributed by atoms with Crippen LogP contribution in [0.15, 0.2) is 18.3 Å². The van der Waals surface area contributed by atoms with Crippen LogP contribution < -0.4 is 5.32 Å². The molecule has 0 aliphatic heterocycles. The summed E-state index contributed by atoms with van der Waals surface area (Å²) in [7, 11) is 0. The van der Waals surface area contributed by atoms with Gasteiger partial charge in [0.25, 0.3) is 0 Å². The molecule has 0 bridgehead atoms. The highest BCUT2D eigenvalue weighted by Gasteiger charge is 2.13. The topological polar surface area (TPSA) is 48.7 Å². The van der Waals surface area contributed by atoms with Crippen LogP contribution in [0.5, 0.6) is 0 Å². The van der Waals surface area contributed by atoms with Crippen molar-refractivity contribution < 1.29 is 8.78 Å². The minimum absolute atomic E-state index is 0.237. The summed E-state index contributed by atoms with van der Waals surface area (Å²) in [4.78, 5) is 4.68. The quantitative estimate of drug-likeness (QED) is 0.938. The summed E-state index contributed by atoms with van der Waals surface area (Å²) in [6.07, 6.45) is 1.58. The minimum atomic E-state index is -1.15. The van der Waals surface area contributed by atoms with Gasteiger partial charge in [-0.1, -0.05) is 11.6 Å². The van der Waals surface area contributed by atoms with Crippen LogP contribution in [0.3, 0.4) is 0 Å². The summed E-state index contributed by atoms with van der Waals surface area (Å²) >= 11 is 6.93. The molecule has 1 N–H and O–H groups in total. The van der Waals surface area contributed by atoms with Crippen molar-refractivity contribution in [3.63, 3.8) is 0 Å². The molecule has 0 saturated carbocycles. The molecule has 1 aromatic carbocycles.